The van der Waals surface area contributed by atoms with Crippen LogP contribution in [0.15, 0.2) is 47.0 Å². The molecule has 0 amide bonds. The molecule has 0 atom stereocenters. The first kappa shape index (κ1) is 24.3. The number of hydrogen-bond acceptors (Lipinski definition) is 5. The second-order valence-electron chi connectivity index (χ2n) is 6.73. The van der Waals surface area contributed by atoms with Crippen LogP contribution in [0.1, 0.15) is 44.4 Å². The van der Waals surface area contributed by atoms with Crippen LogP contribution >= 0.6 is 11.3 Å². The quantitative estimate of drug-likeness (QED) is 0.364. The third-order valence-electron chi connectivity index (χ3n) is 4.50. The summed E-state index contributed by atoms with van der Waals surface area (Å²) < 4.78 is 4.85. The van der Waals surface area contributed by atoms with Crippen LogP contribution in [0.5, 0.6) is 0 Å². The highest BCUT2D eigenvalue weighted by Crippen LogP contribution is 2.08. The summed E-state index contributed by atoms with van der Waals surface area (Å²) in [5, 5.41) is 0. The molecule has 0 radical (unpaired) electrons. The highest BCUT2D eigenvalue weighted by molar-refractivity contribution is 7.09. The van der Waals surface area contributed by atoms with Crippen molar-refractivity contribution in [3.63, 3.8) is 0 Å². The van der Waals surface area contributed by atoms with Crippen molar-refractivity contribution in [2.24, 2.45) is 0 Å². The van der Waals surface area contributed by atoms with E-state index in [0.29, 0.717) is 0 Å². The van der Waals surface area contributed by atoms with Gasteiger partial charge in [0.1, 0.15) is 5.76 Å². The van der Waals surface area contributed by atoms with Gasteiger partial charge in [0.05, 0.1) is 16.9 Å². The monoisotopic (exact) mass is 412 g/mol. The minimum absolute atomic E-state index is 0.903. The van der Waals surface area contributed by atoms with Crippen LogP contribution < -0.4 is 0 Å². The molecule has 0 fully saturated rings. The third kappa shape index (κ3) is 9.34. The van der Waals surface area contributed by atoms with E-state index in [0.717, 1.165) is 17.1 Å². The molecule has 29 heavy (non-hydrogen) atoms. The normalized spacial score (nSPS) is 9.38. The zero-order valence-electron chi connectivity index (χ0n) is 18.7. The van der Waals surface area contributed by atoms with Gasteiger partial charge in [0.15, 0.2) is 6.39 Å². The van der Waals surface area contributed by atoms with Crippen molar-refractivity contribution in [3.8, 4) is 0 Å². The average molecular weight is 413 g/mol. The van der Waals surface area contributed by atoms with E-state index in [4.69, 9.17) is 4.42 Å². The smallest absolute Gasteiger partial charge is 0.181 e. The third-order valence-corrected chi connectivity index (χ3v) is 5.36. The maximum atomic E-state index is 4.85. The Kier molecular flexibility index (Phi) is 10.6. The summed E-state index contributed by atoms with van der Waals surface area (Å²) >= 11 is 1.69. The number of nitrogens with zero attached hydrogens (tertiary/aromatic N) is 3. The Hall–Kier alpha value is -2.73. The van der Waals surface area contributed by atoms with Crippen LogP contribution in [0.3, 0.4) is 0 Å². The number of pyridine rings is 1. The molecule has 156 valence electrons. The maximum Gasteiger partial charge on any atom is 0.181 e. The molecule has 6 heteroatoms. The number of thiazole rings is 1. The molecule has 0 bridgehead atoms. The lowest BCUT2D eigenvalue weighted by atomic mass is 10.2. The molecule has 0 aliphatic carbocycles. The molecule has 4 rings (SSSR count). The van der Waals surface area contributed by atoms with Crippen molar-refractivity contribution < 1.29 is 4.42 Å². The number of hydrogen-bond donors (Lipinski definition) is 1. The molecule has 0 unspecified atom stereocenters. The lowest BCUT2D eigenvalue weighted by Gasteiger charge is -1.92. The Morgan fingerprint density at radius 2 is 1.55 bits per heavy atom. The highest BCUT2D eigenvalue weighted by atomic mass is 32.1. The Labute approximate surface area is 178 Å². The van der Waals surface area contributed by atoms with Gasteiger partial charge in [0.2, 0.25) is 0 Å². The standard InChI is InChI=1S/C7H9N.C6H9N.C5H7NO.C5H7NS/c1-6-3-4-8-5-7(6)2;1-5-3-4-7-6(5)2;2*1-4-5(2)7-3-6-4/h3-5H,1-2H3;3-4,7H,1-2H3;2*3H,1-2H3. The van der Waals surface area contributed by atoms with Crippen molar-refractivity contribution in [1.29, 1.82) is 0 Å². The van der Waals surface area contributed by atoms with Gasteiger partial charge in [-0.1, -0.05) is 0 Å². The zero-order chi connectivity index (χ0) is 21.8. The summed E-state index contributed by atoms with van der Waals surface area (Å²) in [6.45, 7) is 16.2. The van der Waals surface area contributed by atoms with E-state index in [-0.39, 0.29) is 0 Å². The number of oxazole rings is 1. The Morgan fingerprint density at radius 3 is 1.76 bits per heavy atom. The molecule has 0 aliphatic heterocycles. The fourth-order valence-electron chi connectivity index (χ4n) is 1.79. The molecular weight excluding hydrogens is 380 g/mol. The lowest BCUT2D eigenvalue weighted by molar-refractivity contribution is 0.525. The van der Waals surface area contributed by atoms with Gasteiger partial charge in [0, 0.05) is 29.2 Å². The Morgan fingerprint density at radius 1 is 0.828 bits per heavy atom. The second kappa shape index (κ2) is 12.7. The Bertz CT molecular complexity index is 807. The molecule has 4 heterocycles. The summed E-state index contributed by atoms with van der Waals surface area (Å²) in [5.41, 5.74) is 9.16. The molecule has 5 nitrogen and oxygen atoms in total. The van der Waals surface area contributed by atoms with E-state index in [2.05, 4.69) is 60.6 Å². The van der Waals surface area contributed by atoms with Crippen LogP contribution in [0.25, 0.3) is 0 Å². The van der Waals surface area contributed by atoms with Crippen molar-refractivity contribution in [2.45, 2.75) is 55.4 Å². The fraction of sp³-hybridized carbons (Fsp3) is 0.348. The number of aromatic nitrogens is 4. The van der Waals surface area contributed by atoms with Crippen molar-refractivity contribution >= 4 is 11.3 Å². The Balaban J connectivity index is 0.000000194. The molecule has 4 aromatic heterocycles. The van der Waals surface area contributed by atoms with Gasteiger partial charge in [-0.15, -0.1) is 11.3 Å². The van der Waals surface area contributed by atoms with Gasteiger partial charge in [-0.3, -0.25) is 4.98 Å². The van der Waals surface area contributed by atoms with Gasteiger partial charge in [0.25, 0.3) is 0 Å². The molecule has 1 N–H and O–H groups in total. The average Bonchev–Trinajstić information content (AvgIpc) is 3.37. The number of aryl methyl sites for hydroxylation is 8. The summed E-state index contributed by atoms with van der Waals surface area (Å²) in [7, 11) is 0. The first-order valence-corrected chi connectivity index (χ1v) is 10.3. The molecule has 0 saturated carbocycles. The van der Waals surface area contributed by atoms with Gasteiger partial charge in [-0.2, -0.15) is 0 Å². The van der Waals surface area contributed by atoms with E-state index in [1.165, 1.54) is 33.7 Å². The van der Waals surface area contributed by atoms with E-state index in [1.807, 2.05) is 50.9 Å². The predicted molar refractivity (Wildman–Crippen MR) is 122 cm³/mol. The molecule has 0 aromatic carbocycles. The molecule has 0 spiro atoms. The summed E-state index contributed by atoms with van der Waals surface area (Å²) in [5.74, 6) is 0.903. The first-order valence-electron chi connectivity index (χ1n) is 9.43. The molecule has 4 aromatic rings. The number of nitrogens with one attached hydrogen (secondary N) is 1. The van der Waals surface area contributed by atoms with Crippen LogP contribution in [-0.2, 0) is 0 Å². The molecule has 0 aliphatic rings. The zero-order valence-corrected chi connectivity index (χ0v) is 19.5. The van der Waals surface area contributed by atoms with E-state index < -0.39 is 0 Å². The summed E-state index contributed by atoms with van der Waals surface area (Å²) in [6.07, 6.45) is 7.08. The SMILES string of the molecule is Cc1cc[nH]c1C.Cc1ccncc1C.Cc1ncoc1C.Cc1ncsc1C. The lowest BCUT2D eigenvalue weighted by Crippen LogP contribution is -1.78. The topological polar surface area (TPSA) is 67.6 Å². The molecular formula is C23H32N4OS. The minimum Gasteiger partial charge on any atom is -0.449 e. The fourth-order valence-corrected chi connectivity index (χ4v) is 2.39. The van der Waals surface area contributed by atoms with Gasteiger partial charge >= 0.3 is 0 Å². The highest BCUT2D eigenvalue weighted by Gasteiger charge is 1.91. The van der Waals surface area contributed by atoms with Crippen molar-refractivity contribution in [2.75, 3.05) is 0 Å². The van der Waals surface area contributed by atoms with Gasteiger partial charge in [-0.25, -0.2) is 9.97 Å². The predicted octanol–water partition coefficient (Wildman–Crippen LogP) is 6.38. The van der Waals surface area contributed by atoms with E-state index in [1.54, 1.807) is 11.3 Å². The second-order valence-corrected chi connectivity index (χ2v) is 7.79. The van der Waals surface area contributed by atoms with Crippen molar-refractivity contribution in [1.82, 2.24) is 19.9 Å². The van der Waals surface area contributed by atoms with Crippen LogP contribution in [0.4, 0.5) is 0 Å². The van der Waals surface area contributed by atoms with Crippen LogP contribution in [-0.4, -0.2) is 19.9 Å². The summed E-state index contributed by atoms with van der Waals surface area (Å²) in [6, 6.07) is 4.07. The number of H-pyrrole nitrogens is 1. The van der Waals surface area contributed by atoms with E-state index >= 15 is 0 Å². The first-order chi connectivity index (χ1) is 13.7. The maximum absolute atomic E-state index is 4.85. The number of rotatable bonds is 0. The largest absolute Gasteiger partial charge is 0.449 e. The van der Waals surface area contributed by atoms with Gasteiger partial charge in [-0.05, 0) is 84.2 Å². The minimum atomic E-state index is 0.903. The van der Waals surface area contributed by atoms with Crippen LogP contribution in [0.2, 0.25) is 0 Å². The number of aromatic amines is 1. The van der Waals surface area contributed by atoms with Gasteiger partial charge < -0.3 is 9.40 Å². The summed E-state index contributed by atoms with van der Waals surface area (Å²) in [4.78, 5) is 16.2. The molecule has 0 saturated heterocycles. The van der Waals surface area contributed by atoms with Crippen LogP contribution in [0, 0.1) is 55.4 Å². The van der Waals surface area contributed by atoms with Crippen molar-refractivity contribution in [3.05, 3.63) is 87.0 Å². The van der Waals surface area contributed by atoms with E-state index in [9.17, 15) is 0 Å².